The maximum atomic E-state index is 12.0. The highest BCUT2D eigenvalue weighted by atomic mass is 32.2. The molecule has 0 spiro atoms. The smallest absolute Gasteiger partial charge is 0.228 e. The number of thioether (sulfide) groups is 1. The number of hydrogen-bond donors (Lipinski definition) is 2. The number of carbonyl (C=O) groups excluding carboxylic acids is 2. The van der Waals surface area contributed by atoms with Crippen LogP contribution in [0.3, 0.4) is 0 Å². The van der Waals surface area contributed by atoms with Crippen LogP contribution in [0, 0.1) is 5.92 Å². The number of benzene rings is 1. The van der Waals surface area contributed by atoms with Gasteiger partial charge < -0.3 is 11.1 Å². The van der Waals surface area contributed by atoms with E-state index in [4.69, 9.17) is 5.73 Å². The van der Waals surface area contributed by atoms with Crippen LogP contribution >= 0.6 is 23.1 Å². The van der Waals surface area contributed by atoms with Gasteiger partial charge in [0.2, 0.25) is 11.8 Å². The number of aromatic nitrogens is 1. The van der Waals surface area contributed by atoms with Crippen molar-refractivity contribution in [1.29, 1.82) is 0 Å². The molecule has 0 saturated heterocycles. The Morgan fingerprint density at radius 1 is 1.32 bits per heavy atom. The summed E-state index contributed by atoms with van der Waals surface area (Å²) >= 11 is 2.67. The van der Waals surface area contributed by atoms with Crippen molar-refractivity contribution in [3.05, 3.63) is 30.3 Å². The molecule has 2 aromatic rings. The summed E-state index contributed by atoms with van der Waals surface area (Å²) < 4.78 is 0.726. The fourth-order valence-corrected chi connectivity index (χ4v) is 3.74. The molecule has 1 aliphatic carbocycles. The topological polar surface area (TPSA) is 85.1 Å². The molecule has 0 unspecified atom stereocenters. The summed E-state index contributed by atoms with van der Waals surface area (Å²) in [5.74, 6) is -0.0256. The van der Waals surface area contributed by atoms with Crippen LogP contribution in [0.15, 0.2) is 34.7 Å². The van der Waals surface area contributed by atoms with Gasteiger partial charge in [-0.2, -0.15) is 0 Å². The van der Waals surface area contributed by atoms with Crippen molar-refractivity contribution >= 4 is 39.9 Å². The summed E-state index contributed by atoms with van der Waals surface area (Å²) in [6, 6.07) is 9.69. The number of primary amides is 1. The highest BCUT2D eigenvalue weighted by Gasteiger charge is 2.30. The van der Waals surface area contributed by atoms with Gasteiger partial charge in [-0.15, -0.1) is 0 Å². The standard InChI is InChI=1S/C15H15N3O2S2/c16-11(19)8-21-15-17-12(9-4-2-1-3-5-9)14(22-15)18-13(20)10-6-7-10/h1-5,10H,6-8H2,(H2,16,19)(H,18,20). The molecule has 1 saturated carbocycles. The Morgan fingerprint density at radius 2 is 2.05 bits per heavy atom. The molecule has 22 heavy (non-hydrogen) atoms. The second-order valence-electron chi connectivity index (χ2n) is 5.04. The van der Waals surface area contributed by atoms with Crippen LogP contribution in [-0.2, 0) is 9.59 Å². The minimum atomic E-state index is -0.384. The van der Waals surface area contributed by atoms with E-state index in [1.807, 2.05) is 30.3 Å². The summed E-state index contributed by atoms with van der Waals surface area (Å²) in [6.07, 6.45) is 1.91. The molecule has 0 radical (unpaired) electrons. The zero-order valence-electron chi connectivity index (χ0n) is 11.7. The first-order valence-corrected chi connectivity index (χ1v) is 8.72. The first-order chi connectivity index (χ1) is 10.6. The normalized spacial score (nSPS) is 13.8. The van der Waals surface area contributed by atoms with E-state index in [-0.39, 0.29) is 23.5 Å². The van der Waals surface area contributed by atoms with Crippen LogP contribution < -0.4 is 11.1 Å². The lowest BCUT2D eigenvalue weighted by molar-refractivity contribution is -0.117. The molecule has 1 aliphatic rings. The largest absolute Gasteiger partial charge is 0.369 e. The zero-order valence-corrected chi connectivity index (χ0v) is 13.4. The Balaban J connectivity index is 1.87. The number of anilines is 1. The van der Waals surface area contributed by atoms with Crippen molar-refractivity contribution in [3.63, 3.8) is 0 Å². The maximum absolute atomic E-state index is 12.0. The van der Waals surface area contributed by atoms with Crippen molar-refractivity contribution < 1.29 is 9.59 Å². The molecule has 0 atom stereocenters. The number of thiazole rings is 1. The molecule has 1 fully saturated rings. The van der Waals surface area contributed by atoms with Crippen LogP contribution in [0.4, 0.5) is 5.00 Å². The number of rotatable bonds is 6. The highest BCUT2D eigenvalue weighted by Crippen LogP contribution is 2.39. The summed E-state index contributed by atoms with van der Waals surface area (Å²) in [7, 11) is 0. The number of nitrogens with two attached hydrogens (primary N) is 1. The van der Waals surface area contributed by atoms with Gasteiger partial charge in [-0.1, -0.05) is 53.4 Å². The monoisotopic (exact) mass is 333 g/mol. The van der Waals surface area contributed by atoms with E-state index in [1.165, 1.54) is 23.1 Å². The fourth-order valence-electron chi connectivity index (χ4n) is 1.93. The van der Waals surface area contributed by atoms with Gasteiger partial charge >= 0.3 is 0 Å². The Kier molecular flexibility index (Phi) is 4.44. The van der Waals surface area contributed by atoms with Gasteiger partial charge in [0.25, 0.3) is 0 Å². The minimum absolute atomic E-state index is 0.0484. The van der Waals surface area contributed by atoms with Crippen molar-refractivity contribution in [2.45, 2.75) is 17.2 Å². The molecule has 0 bridgehead atoms. The predicted octanol–water partition coefficient (Wildman–Crippen LogP) is 2.74. The third-order valence-electron chi connectivity index (χ3n) is 3.18. The molecular formula is C15H15N3O2S2. The van der Waals surface area contributed by atoms with Crippen molar-refractivity contribution in [2.24, 2.45) is 11.7 Å². The highest BCUT2D eigenvalue weighted by molar-refractivity contribution is 8.01. The number of hydrogen-bond acceptors (Lipinski definition) is 5. The van der Waals surface area contributed by atoms with Crippen molar-refractivity contribution in [2.75, 3.05) is 11.1 Å². The van der Waals surface area contributed by atoms with Gasteiger partial charge in [-0.3, -0.25) is 9.59 Å². The lowest BCUT2D eigenvalue weighted by atomic mass is 10.2. The number of amides is 2. The third-order valence-corrected chi connectivity index (χ3v) is 5.31. The summed E-state index contributed by atoms with van der Waals surface area (Å²) in [5, 5.41) is 3.70. The molecule has 1 aromatic carbocycles. The van der Waals surface area contributed by atoms with Crippen molar-refractivity contribution in [1.82, 2.24) is 4.98 Å². The van der Waals surface area contributed by atoms with Crippen molar-refractivity contribution in [3.8, 4) is 11.3 Å². The molecule has 7 heteroatoms. The van der Waals surface area contributed by atoms with Gasteiger partial charge in [0.05, 0.1) is 5.75 Å². The van der Waals surface area contributed by atoms with E-state index in [0.717, 1.165) is 33.4 Å². The average Bonchev–Trinajstić information content (AvgIpc) is 3.28. The van der Waals surface area contributed by atoms with Gasteiger partial charge in [0.1, 0.15) is 10.7 Å². The Morgan fingerprint density at radius 3 is 2.68 bits per heavy atom. The van der Waals surface area contributed by atoms with Crippen LogP contribution in [0.1, 0.15) is 12.8 Å². The molecule has 5 nitrogen and oxygen atoms in total. The average molecular weight is 333 g/mol. The second kappa shape index (κ2) is 6.50. The second-order valence-corrected chi connectivity index (χ2v) is 7.26. The minimum Gasteiger partial charge on any atom is -0.369 e. The number of nitrogens with one attached hydrogen (secondary N) is 1. The third kappa shape index (κ3) is 3.66. The van der Waals surface area contributed by atoms with Gasteiger partial charge in [-0.05, 0) is 12.8 Å². The van der Waals surface area contributed by atoms with Crippen LogP contribution in [0.25, 0.3) is 11.3 Å². The quantitative estimate of drug-likeness (QED) is 0.796. The van der Waals surface area contributed by atoms with Crippen LogP contribution in [-0.4, -0.2) is 22.6 Å². The molecule has 1 aromatic heterocycles. The molecule has 3 rings (SSSR count). The van der Waals surface area contributed by atoms with Gasteiger partial charge in [-0.25, -0.2) is 4.98 Å². The van der Waals surface area contributed by atoms with E-state index in [0.29, 0.717) is 0 Å². The Hall–Kier alpha value is -1.86. The summed E-state index contributed by atoms with van der Waals surface area (Å²) in [5.41, 5.74) is 6.86. The number of carbonyl (C=O) groups is 2. The first-order valence-electron chi connectivity index (χ1n) is 6.91. The summed E-state index contributed by atoms with van der Waals surface area (Å²) in [6.45, 7) is 0. The Labute approximate surface area is 136 Å². The molecular weight excluding hydrogens is 318 g/mol. The molecule has 3 N–H and O–H groups in total. The van der Waals surface area contributed by atoms with Crippen LogP contribution in [0.2, 0.25) is 0 Å². The predicted molar refractivity (Wildman–Crippen MR) is 88.8 cm³/mol. The maximum Gasteiger partial charge on any atom is 0.228 e. The van der Waals surface area contributed by atoms with Gasteiger partial charge in [0, 0.05) is 11.5 Å². The fraction of sp³-hybridized carbons (Fsp3) is 0.267. The SMILES string of the molecule is NC(=O)CSc1nc(-c2ccccc2)c(NC(=O)C2CC2)s1. The lowest BCUT2D eigenvalue weighted by Crippen LogP contribution is -2.12. The van der Waals surface area contributed by atoms with E-state index in [1.54, 1.807) is 0 Å². The first kappa shape index (κ1) is 15.1. The molecule has 0 aliphatic heterocycles. The molecule has 1 heterocycles. The van der Waals surface area contributed by atoms with E-state index in [2.05, 4.69) is 10.3 Å². The summed E-state index contributed by atoms with van der Waals surface area (Å²) in [4.78, 5) is 27.5. The molecule has 114 valence electrons. The number of nitrogens with zero attached hydrogens (tertiary/aromatic N) is 1. The lowest BCUT2D eigenvalue weighted by Gasteiger charge is -2.04. The van der Waals surface area contributed by atoms with E-state index in [9.17, 15) is 9.59 Å². The van der Waals surface area contributed by atoms with Gasteiger partial charge in [0.15, 0.2) is 4.34 Å². The van der Waals surface area contributed by atoms with Crippen LogP contribution in [0.5, 0.6) is 0 Å². The molecule has 2 amide bonds. The Bertz CT molecular complexity index is 696. The van der Waals surface area contributed by atoms with E-state index >= 15 is 0 Å². The van der Waals surface area contributed by atoms with E-state index < -0.39 is 0 Å². The zero-order chi connectivity index (χ0) is 15.5.